The van der Waals surface area contributed by atoms with Crippen LogP contribution in [0.3, 0.4) is 0 Å². The fraction of sp³-hybridized carbons (Fsp3) is 0.222. The first kappa shape index (κ1) is 18.7. The fourth-order valence-electron chi connectivity index (χ4n) is 2.59. The number of carbonyl (C=O) groups is 2. The van der Waals surface area contributed by atoms with E-state index in [1.54, 1.807) is 18.2 Å². The molecule has 3 rings (SSSR count). The summed E-state index contributed by atoms with van der Waals surface area (Å²) >= 11 is 6.71. The van der Waals surface area contributed by atoms with Gasteiger partial charge in [0.25, 0.3) is 11.8 Å². The van der Waals surface area contributed by atoms with Crippen LogP contribution < -0.4 is 15.5 Å². The Hall–Kier alpha value is -2.06. The van der Waals surface area contributed by atoms with Gasteiger partial charge in [-0.1, -0.05) is 38.8 Å². The van der Waals surface area contributed by atoms with Gasteiger partial charge in [-0.2, -0.15) is 0 Å². The van der Waals surface area contributed by atoms with Crippen molar-refractivity contribution in [1.82, 2.24) is 10.4 Å². The molecule has 136 valence electrons. The Bertz CT molecular complexity index is 827. The van der Waals surface area contributed by atoms with Gasteiger partial charge >= 0.3 is 0 Å². The molecule has 0 radical (unpaired) electrons. The molecule has 6 nitrogen and oxygen atoms in total. The number of halogens is 2. The third-order valence-corrected chi connectivity index (χ3v) is 4.90. The molecule has 0 saturated heterocycles. The highest BCUT2D eigenvalue weighted by Gasteiger charge is 2.32. The zero-order valence-electron chi connectivity index (χ0n) is 14.0. The van der Waals surface area contributed by atoms with E-state index in [4.69, 9.17) is 4.74 Å². The molecule has 0 bridgehead atoms. The van der Waals surface area contributed by atoms with Crippen molar-refractivity contribution in [1.29, 1.82) is 0 Å². The number of hydrogen-bond donors (Lipinski definition) is 2. The van der Waals surface area contributed by atoms with Crippen LogP contribution in [0, 0.1) is 0 Å². The number of nitrogens with zero attached hydrogens (tertiary/aromatic N) is 1. The molecule has 1 unspecified atom stereocenters. The predicted molar refractivity (Wildman–Crippen MR) is 106 cm³/mol. The maximum absolute atomic E-state index is 12.8. The second-order valence-corrected chi connectivity index (χ2v) is 7.54. The molecule has 1 aliphatic rings. The maximum Gasteiger partial charge on any atom is 0.276 e. The van der Waals surface area contributed by atoms with Crippen LogP contribution in [0.1, 0.15) is 23.7 Å². The van der Waals surface area contributed by atoms with Gasteiger partial charge in [-0.25, -0.2) is 5.01 Å². The van der Waals surface area contributed by atoms with E-state index in [0.717, 1.165) is 14.6 Å². The molecule has 2 aromatic rings. The molecule has 2 aromatic carbocycles. The lowest BCUT2D eigenvalue weighted by atomic mass is 10.1. The standard InChI is InChI=1S/C18H17Br2N3O3/c1-2-16-21-15-8-5-12(20)9-14(15)18(25)23(16)22-17(24)10-26-13-6-3-11(19)4-7-13/h3-9,16,21H,2,10H2,1H3,(H,22,24). The first-order valence-corrected chi connectivity index (χ1v) is 9.64. The Morgan fingerprint density at radius 3 is 2.58 bits per heavy atom. The van der Waals surface area contributed by atoms with E-state index in [9.17, 15) is 9.59 Å². The van der Waals surface area contributed by atoms with Crippen molar-refractivity contribution in [3.63, 3.8) is 0 Å². The number of fused-ring (bicyclic) bond motifs is 1. The lowest BCUT2D eigenvalue weighted by molar-refractivity contribution is -0.127. The Kier molecular flexibility index (Phi) is 5.83. The van der Waals surface area contributed by atoms with Crippen LogP contribution in [0.25, 0.3) is 0 Å². The molecule has 0 aromatic heterocycles. The summed E-state index contributed by atoms with van der Waals surface area (Å²) in [6, 6.07) is 12.6. The Morgan fingerprint density at radius 1 is 1.19 bits per heavy atom. The Balaban J connectivity index is 1.68. The maximum atomic E-state index is 12.8. The Morgan fingerprint density at radius 2 is 1.88 bits per heavy atom. The fourth-order valence-corrected chi connectivity index (χ4v) is 3.22. The van der Waals surface area contributed by atoms with Gasteiger partial charge in [-0.3, -0.25) is 15.0 Å². The smallest absolute Gasteiger partial charge is 0.276 e. The van der Waals surface area contributed by atoms with Gasteiger partial charge in [0.15, 0.2) is 6.61 Å². The van der Waals surface area contributed by atoms with Gasteiger partial charge < -0.3 is 10.1 Å². The minimum absolute atomic E-state index is 0.187. The summed E-state index contributed by atoms with van der Waals surface area (Å²) in [5.74, 6) is -0.0865. The van der Waals surface area contributed by atoms with Crippen LogP contribution in [-0.4, -0.2) is 29.6 Å². The summed E-state index contributed by atoms with van der Waals surface area (Å²) in [6.07, 6.45) is 0.308. The molecular formula is C18H17Br2N3O3. The summed E-state index contributed by atoms with van der Waals surface area (Å²) in [7, 11) is 0. The van der Waals surface area contributed by atoms with Crippen LogP contribution in [-0.2, 0) is 4.79 Å². The van der Waals surface area contributed by atoms with Crippen molar-refractivity contribution in [3.05, 3.63) is 57.0 Å². The number of amides is 2. The lowest BCUT2D eigenvalue weighted by Crippen LogP contribution is -2.57. The Labute approximate surface area is 168 Å². The monoisotopic (exact) mass is 481 g/mol. The molecule has 0 aliphatic carbocycles. The van der Waals surface area contributed by atoms with Crippen molar-refractivity contribution < 1.29 is 14.3 Å². The van der Waals surface area contributed by atoms with E-state index >= 15 is 0 Å². The van der Waals surface area contributed by atoms with Crippen molar-refractivity contribution in [2.24, 2.45) is 0 Å². The molecule has 1 aliphatic heterocycles. The number of rotatable bonds is 5. The van der Waals surface area contributed by atoms with Gasteiger partial charge in [0, 0.05) is 14.6 Å². The number of nitrogens with one attached hydrogen (secondary N) is 2. The summed E-state index contributed by atoms with van der Waals surface area (Å²) in [5, 5.41) is 4.58. The largest absolute Gasteiger partial charge is 0.484 e. The van der Waals surface area contributed by atoms with Gasteiger partial charge in [-0.05, 0) is 48.9 Å². The summed E-state index contributed by atoms with van der Waals surface area (Å²) in [6.45, 7) is 1.75. The number of ether oxygens (including phenoxy) is 1. The highest BCUT2D eigenvalue weighted by molar-refractivity contribution is 9.10. The summed E-state index contributed by atoms with van der Waals surface area (Å²) in [5.41, 5.74) is 3.89. The van der Waals surface area contributed by atoms with Gasteiger partial charge in [-0.15, -0.1) is 0 Å². The van der Waals surface area contributed by atoms with E-state index in [2.05, 4.69) is 42.6 Å². The first-order chi connectivity index (χ1) is 12.5. The third kappa shape index (κ3) is 4.19. The predicted octanol–water partition coefficient (Wildman–Crippen LogP) is 3.93. The summed E-state index contributed by atoms with van der Waals surface area (Å²) < 4.78 is 7.18. The second-order valence-electron chi connectivity index (χ2n) is 5.71. The number of hydrogen-bond acceptors (Lipinski definition) is 4. The molecule has 0 saturated carbocycles. The number of anilines is 1. The number of carbonyl (C=O) groups excluding carboxylic acids is 2. The van der Waals surface area contributed by atoms with E-state index in [0.29, 0.717) is 17.7 Å². The molecule has 26 heavy (non-hydrogen) atoms. The SMILES string of the molecule is CCC1Nc2ccc(Br)cc2C(=O)N1NC(=O)COc1ccc(Br)cc1. The topological polar surface area (TPSA) is 70.7 Å². The molecule has 8 heteroatoms. The highest BCUT2D eigenvalue weighted by atomic mass is 79.9. The number of benzene rings is 2. The normalized spacial score (nSPS) is 15.9. The van der Waals surface area contributed by atoms with Crippen LogP contribution in [0.5, 0.6) is 5.75 Å². The van der Waals surface area contributed by atoms with Gasteiger partial charge in [0.2, 0.25) is 0 Å². The van der Waals surface area contributed by atoms with Crippen LogP contribution in [0.4, 0.5) is 5.69 Å². The van der Waals surface area contributed by atoms with Crippen molar-refractivity contribution >= 4 is 49.4 Å². The van der Waals surface area contributed by atoms with Crippen LogP contribution in [0.2, 0.25) is 0 Å². The average molecular weight is 483 g/mol. The van der Waals surface area contributed by atoms with Gasteiger partial charge in [0.1, 0.15) is 11.9 Å². The van der Waals surface area contributed by atoms with E-state index < -0.39 is 5.91 Å². The quantitative estimate of drug-likeness (QED) is 0.677. The third-order valence-electron chi connectivity index (χ3n) is 3.88. The van der Waals surface area contributed by atoms with E-state index in [-0.39, 0.29) is 18.7 Å². The summed E-state index contributed by atoms with van der Waals surface area (Å²) in [4.78, 5) is 25.1. The van der Waals surface area contributed by atoms with Crippen LogP contribution >= 0.6 is 31.9 Å². The molecule has 0 fully saturated rings. The zero-order chi connectivity index (χ0) is 18.7. The molecule has 1 atom stereocenters. The first-order valence-electron chi connectivity index (χ1n) is 8.05. The molecule has 2 N–H and O–H groups in total. The highest BCUT2D eigenvalue weighted by Crippen LogP contribution is 2.28. The van der Waals surface area contributed by atoms with Gasteiger partial charge in [0.05, 0.1) is 5.56 Å². The number of hydrazine groups is 1. The average Bonchev–Trinajstić information content (AvgIpc) is 2.64. The van der Waals surface area contributed by atoms with E-state index in [1.807, 2.05) is 31.2 Å². The second kappa shape index (κ2) is 8.09. The minimum Gasteiger partial charge on any atom is -0.484 e. The molecular weight excluding hydrogens is 466 g/mol. The molecule has 1 heterocycles. The van der Waals surface area contributed by atoms with Crippen molar-refractivity contribution in [2.75, 3.05) is 11.9 Å². The molecule has 0 spiro atoms. The zero-order valence-corrected chi connectivity index (χ0v) is 17.1. The van der Waals surface area contributed by atoms with E-state index in [1.165, 1.54) is 5.01 Å². The lowest BCUT2D eigenvalue weighted by Gasteiger charge is -2.37. The van der Waals surface area contributed by atoms with Crippen molar-refractivity contribution in [2.45, 2.75) is 19.5 Å². The molecule has 2 amide bonds. The minimum atomic E-state index is -0.403. The van der Waals surface area contributed by atoms with Crippen LogP contribution in [0.15, 0.2) is 51.4 Å². The van der Waals surface area contributed by atoms with Crippen molar-refractivity contribution in [3.8, 4) is 5.75 Å².